The Morgan fingerprint density at radius 2 is 2.14 bits per heavy atom. The molecule has 1 aromatic heterocycles. The van der Waals surface area contributed by atoms with Gasteiger partial charge in [-0.05, 0) is 31.6 Å². The van der Waals surface area contributed by atoms with Crippen LogP contribution in [-0.4, -0.2) is 34.8 Å². The molecule has 122 valence electrons. The van der Waals surface area contributed by atoms with E-state index in [9.17, 15) is 4.79 Å². The zero-order valence-corrected chi connectivity index (χ0v) is 13.1. The molecule has 3 atom stereocenters. The first kappa shape index (κ1) is 15.4. The van der Waals surface area contributed by atoms with Gasteiger partial charge in [-0.15, -0.1) is 0 Å². The zero-order chi connectivity index (χ0) is 15.7. The lowest BCUT2D eigenvalue weighted by Gasteiger charge is -2.21. The number of nitrogens with two attached hydrogens (primary N) is 1. The first-order chi connectivity index (χ1) is 10.6. The fourth-order valence-electron chi connectivity index (χ4n) is 2.71. The van der Waals surface area contributed by atoms with E-state index in [1.165, 1.54) is 0 Å². The van der Waals surface area contributed by atoms with E-state index in [1.54, 1.807) is 0 Å². The molecular formula is C15H24N4O3. The van der Waals surface area contributed by atoms with Crippen LogP contribution in [0, 0.1) is 5.92 Å². The summed E-state index contributed by atoms with van der Waals surface area (Å²) in [6.07, 6.45) is 3.32. The second-order valence-corrected chi connectivity index (χ2v) is 6.56. The first-order valence-corrected chi connectivity index (χ1v) is 8.08. The number of ether oxygens (including phenoxy) is 1. The van der Waals surface area contributed by atoms with Crippen LogP contribution < -0.4 is 11.1 Å². The molecule has 1 saturated carbocycles. The fraction of sp³-hybridized carbons (Fsp3) is 0.800. The number of carbonyl (C=O) groups is 1. The molecule has 2 heterocycles. The molecule has 1 aliphatic carbocycles. The van der Waals surface area contributed by atoms with Gasteiger partial charge in [0.1, 0.15) is 12.1 Å². The smallest absolute Gasteiger partial charge is 0.249 e. The van der Waals surface area contributed by atoms with Crippen LogP contribution in [0.5, 0.6) is 0 Å². The lowest BCUT2D eigenvalue weighted by molar-refractivity contribution is -0.133. The highest BCUT2D eigenvalue weighted by Crippen LogP contribution is 2.38. The maximum absolute atomic E-state index is 12.4. The third-order valence-corrected chi connectivity index (χ3v) is 4.29. The topological polar surface area (TPSA) is 103 Å². The van der Waals surface area contributed by atoms with E-state index >= 15 is 0 Å². The van der Waals surface area contributed by atoms with Crippen molar-refractivity contribution in [3.05, 3.63) is 11.7 Å². The molecule has 0 radical (unpaired) electrons. The highest BCUT2D eigenvalue weighted by atomic mass is 16.5. The third-order valence-electron chi connectivity index (χ3n) is 4.29. The monoisotopic (exact) mass is 308 g/mol. The molecule has 1 unspecified atom stereocenters. The second kappa shape index (κ2) is 6.34. The Hall–Kier alpha value is -1.47. The molecule has 7 nitrogen and oxygen atoms in total. The van der Waals surface area contributed by atoms with Crippen LogP contribution in [0.2, 0.25) is 0 Å². The van der Waals surface area contributed by atoms with Gasteiger partial charge in [0.25, 0.3) is 0 Å². The van der Waals surface area contributed by atoms with Gasteiger partial charge in [-0.3, -0.25) is 4.79 Å². The number of nitrogens with one attached hydrogen (secondary N) is 1. The van der Waals surface area contributed by atoms with Crippen LogP contribution in [0.25, 0.3) is 0 Å². The number of nitrogens with zero attached hydrogens (tertiary/aromatic N) is 2. The Morgan fingerprint density at radius 1 is 1.36 bits per heavy atom. The highest BCUT2D eigenvalue weighted by molar-refractivity contribution is 5.81. The second-order valence-electron chi connectivity index (χ2n) is 6.56. The summed E-state index contributed by atoms with van der Waals surface area (Å²) in [6, 6.07) is -0.284. The molecule has 7 heteroatoms. The summed E-state index contributed by atoms with van der Waals surface area (Å²) in [6.45, 7) is 4.49. The van der Waals surface area contributed by atoms with Gasteiger partial charge < -0.3 is 20.3 Å². The molecule has 0 spiro atoms. The predicted molar refractivity (Wildman–Crippen MR) is 78.9 cm³/mol. The Balaban J connectivity index is 1.64. The SMILES string of the molecule is CC(C)C(NC(=O)[C@@H]1CC[C@H](CN)O1)c1nc(C2CC2)no1. The molecule has 1 aliphatic heterocycles. The lowest BCUT2D eigenvalue weighted by atomic mass is 10.0. The third kappa shape index (κ3) is 3.30. The Kier molecular flexibility index (Phi) is 4.44. The van der Waals surface area contributed by atoms with Crippen LogP contribution in [0.4, 0.5) is 0 Å². The van der Waals surface area contributed by atoms with Crippen molar-refractivity contribution in [2.24, 2.45) is 11.7 Å². The van der Waals surface area contributed by atoms with Gasteiger partial charge in [-0.25, -0.2) is 0 Å². The van der Waals surface area contributed by atoms with E-state index in [2.05, 4.69) is 15.5 Å². The molecule has 1 amide bonds. The number of aromatic nitrogens is 2. The minimum absolute atomic E-state index is 0.0156. The van der Waals surface area contributed by atoms with Crippen LogP contribution in [0.15, 0.2) is 4.52 Å². The van der Waals surface area contributed by atoms with Crippen molar-refractivity contribution in [3.8, 4) is 0 Å². The van der Waals surface area contributed by atoms with Gasteiger partial charge >= 0.3 is 0 Å². The van der Waals surface area contributed by atoms with E-state index in [0.717, 1.165) is 25.1 Å². The molecule has 0 aromatic carbocycles. The van der Waals surface area contributed by atoms with E-state index in [1.807, 2.05) is 13.8 Å². The van der Waals surface area contributed by atoms with Crippen molar-refractivity contribution < 1.29 is 14.1 Å². The summed E-state index contributed by atoms with van der Waals surface area (Å²) < 4.78 is 11.0. The Labute approximate surface area is 130 Å². The van der Waals surface area contributed by atoms with Gasteiger partial charge in [0.15, 0.2) is 5.82 Å². The minimum atomic E-state index is -0.430. The lowest BCUT2D eigenvalue weighted by Crippen LogP contribution is -2.39. The number of hydrogen-bond donors (Lipinski definition) is 2. The van der Waals surface area contributed by atoms with Crippen LogP contribution in [0.3, 0.4) is 0 Å². The van der Waals surface area contributed by atoms with Gasteiger partial charge in [0.05, 0.1) is 6.10 Å². The summed E-state index contributed by atoms with van der Waals surface area (Å²) in [4.78, 5) is 16.8. The first-order valence-electron chi connectivity index (χ1n) is 8.08. The van der Waals surface area contributed by atoms with Crippen LogP contribution in [-0.2, 0) is 9.53 Å². The number of amides is 1. The van der Waals surface area contributed by atoms with Gasteiger partial charge in [0, 0.05) is 12.5 Å². The summed E-state index contributed by atoms with van der Waals surface area (Å²) in [5, 5.41) is 7.02. The fourth-order valence-corrected chi connectivity index (χ4v) is 2.71. The van der Waals surface area contributed by atoms with E-state index in [-0.39, 0.29) is 24.0 Å². The Bertz CT molecular complexity index is 527. The summed E-state index contributed by atoms with van der Waals surface area (Å²) in [5.41, 5.74) is 5.58. The molecule has 1 saturated heterocycles. The average molecular weight is 308 g/mol. The maximum Gasteiger partial charge on any atom is 0.249 e. The predicted octanol–water partition coefficient (Wildman–Crippen LogP) is 1.27. The largest absolute Gasteiger partial charge is 0.364 e. The zero-order valence-electron chi connectivity index (χ0n) is 13.1. The van der Waals surface area contributed by atoms with E-state index in [0.29, 0.717) is 24.8 Å². The number of carbonyl (C=O) groups excluding carboxylic acids is 1. The summed E-state index contributed by atoms with van der Waals surface area (Å²) in [5.74, 6) is 1.71. The molecule has 1 aromatic rings. The Morgan fingerprint density at radius 3 is 2.73 bits per heavy atom. The number of hydrogen-bond acceptors (Lipinski definition) is 6. The van der Waals surface area contributed by atoms with Crippen molar-refractivity contribution in [1.29, 1.82) is 0 Å². The van der Waals surface area contributed by atoms with Crippen molar-refractivity contribution in [3.63, 3.8) is 0 Å². The van der Waals surface area contributed by atoms with Crippen molar-refractivity contribution in [1.82, 2.24) is 15.5 Å². The quantitative estimate of drug-likeness (QED) is 0.820. The summed E-state index contributed by atoms with van der Waals surface area (Å²) in [7, 11) is 0. The molecule has 22 heavy (non-hydrogen) atoms. The molecule has 2 fully saturated rings. The highest BCUT2D eigenvalue weighted by Gasteiger charge is 2.35. The normalized spacial score (nSPS) is 26.4. The van der Waals surface area contributed by atoms with Crippen molar-refractivity contribution in [2.75, 3.05) is 6.54 Å². The standard InChI is InChI=1S/C15H24N4O3/c1-8(2)12(15-18-13(19-22-15)9-3-4-9)17-14(20)11-6-5-10(7-16)21-11/h8-12H,3-7,16H2,1-2H3,(H,17,20)/t10-,11+,12?/m1/s1. The molecular weight excluding hydrogens is 284 g/mol. The van der Waals surface area contributed by atoms with Crippen LogP contribution in [0.1, 0.15) is 63.2 Å². The molecule has 3 rings (SSSR count). The molecule has 0 bridgehead atoms. The molecule has 2 aliphatic rings. The van der Waals surface area contributed by atoms with Crippen molar-refractivity contribution >= 4 is 5.91 Å². The number of rotatable bonds is 6. The minimum Gasteiger partial charge on any atom is -0.364 e. The summed E-state index contributed by atoms with van der Waals surface area (Å²) >= 11 is 0. The van der Waals surface area contributed by atoms with Crippen LogP contribution >= 0.6 is 0 Å². The van der Waals surface area contributed by atoms with Gasteiger partial charge in [-0.2, -0.15) is 4.98 Å². The maximum atomic E-state index is 12.4. The average Bonchev–Trinajstić information content (AvgIpc) is 3.04. The van der Waals surface area contributed by atoms with Gasteiger partial charge in [-0.1, -0.05) is 19.0 Å². The van der Waals surface area contributed by atoms with E-state index in [4.69, 9.17) is 15.0 Å². The van der Waals surface area contributed by atoms with E-state index < -0.39 is 6.10 Å². The molecule has 3 N–H and O–H groups in total. The van der Waals surface area contributed by atoms with Crippen molar-refractivity contribution in [2.45, 2.75) is 63.7 Å². The van der Waals surface area contributed by atoms with Gasteiger partial charge in [0.2, 0.25) is 11.8 Å².